The van der Waals surface area contributed by atoms with E-state index in [1.54, 1.807) is 11.3 Å². The van der Waals surface area contributed by atoms with Crippen LogP contribution in [-0.4, -0.2) is 23.2 Å². The van der Waals surface area contributed by atoms with Crippen molar-refractivity contribution in [2.75, 3.05) is 13.2 Å². The molecule has 1 aliphatic heterocycles. The van der Waals surface area contributed by atoms with Crippen LogP contribution in [0.5, 0.6) is 11.5 Å². The Bertz CT molecular complexity index is 1320. The van der Waals surface area contributed by atoms with Crippen molar-refractivity contribution in [3.05, 3.63) is 62.3 Å². The lowest BCUT2D eigenvalue weighted by Gasteiger charge is -2.25. The van der Waals surface area contributed by atoms with E-state index < -0.39 is 0 Å². The molecule has 1 aromatic carbocycles. The Labute approximate surface area is 194 Å². The number of nitrogens with zero attached hydrogens (tertiary/aromatic N) is 1. The van der Waals surface area contributed by atoms with Crippen molar-refractivity contribution in [1.29, 1.82) is 0 Å². The van der Waals surface area contributed by atoms with Crippen molar-refractivity contribution in [3.8, 4) is 21.9 Å². The Morgan fingerprint density at radius 2 is 1.97 bits per heavy atom. The van der Waals surface area contributed by atoms with Gasteiger partial charge in [0.05, 0.1) is 11.9 Å². The molecule has 0 unspecified atom stereocenters. The van der Waals surface area contributed by atoms with Gasteiger partial charge in [0.25, 0.3) is 5.56 Å². The van der Waals surface area contributed by atoms with Gasteiger partial charge in [0.2, 0.25) is 0 Å². The van der Waals surface area contributed by atoms with Gasteiger partial charge in [-0.15, -0.1) is 22.7 Å². The third-order valence-electron chi connectivity index (χ3n) is 5.58. The van der Waals surface area contributed by atoms with E-state index in [1.165, 1.54) is 16.2 Å². The summed E-state index contributed by atoms with van der Waals surface area (Å²) in [5, 5.41) is 6.27. The average molecular weight is 468 g/mol. The first-order valence-electron chi connectivity index (χ1n) is 10.7. The molecule has 2 N–H and O–H groups in total. The Kier molecular flexibility index (Phi) is 5.75. The van der Waals surface area contributed by atoms with E-state index >= 15 is 0 Å². The minimum Gasteiger partial charge on any atom is -0.486 e. The standard InChI is InChI=1S/C24H25N3O3S2/c1-13(2)22(15-5-6-17-18(10-15)30-9-8-29-17)25-11-20-26-23(28)21-16(12-31-24(21)27-20)19-7-4-14(3)32-19/h4-7,10,12-13,22,25H,8-9,11H2,1-3H3,(H,26,27,28)/t22-/m1/s1. The Morgan fingerprint density at radius 3 is 2.72 bits per heavy atom. The van der Waals surface area contributed by atoms with Crippen LogP contribution in [0.1, 0.15) is 36.2 Å². The normalized spacial score (nSPS) is 14.2. The molecule has 166 valence electrons. The van der Waals surface area contributed by atoms with Gasteiger partial charge < -0.3 is 19.8 Å². The molecule has 0 amide bonds. The van der Waals surface area contributed by atoms with Crippen LogP contribution in [0.15, 0.2) is 40.5 Å². The van der Waals surface area contributed by atoms with Gasteiger partial charge in [-0.1, -0.05) is 19.9 Å². The van der Waals surface area contributed by atoms with Crippen LogP contribution >= 0.6 is 22.7 Å². The number of aryl methyl sites for hydroxylation is 1. The summed E-state index contributed by atoms with van der Waals surface area (Å²) in [6.07, 6.45) is 0. The maximum atomic E-state index is 12.9. The fraction of sp³-hybridized carbons (Fsp3) is 0.333. The number of H-pyrrole nitrogens is 1. The summed E-state index contributed by atoms with van der Waals surface area (Å²) >= 11 is 3.21. The van der Waals surface area contributed by atoms with Gasteiger partial charge in [0.1, 0.15) is 23.9 Å². The molecule has 0 bridgehead atoms. The summed E-state index contributed by atoms with van der Waals surface area (Å²) in [6, 6.07) is 10.3. The summed E-state index contributed by atoms with van der Waals surface area (Å²) in [7, 11) is 0. The first-order chi connectivity index (χ1) is 15.5. The summed E-state index contributed by atoms with van der Waals surface area (Å²) < 4.78 is 11.4. The van der Waals surface area contributed by atoms with E-state index in [0.717, 1.165) is 32.3 Å². The summed E-state index contributed by atoms with van der Waals surface area (Å²) in [5.41, 5.74) is 2.00. The predicted molar refractivity (Wildman–Crippen MR) is 130 cm³/mol. The van der Waals surface area contributed by atoms with E-state index in [2.05, 4.69) is 49.3 Å². The van der Waals surface area contributed by atoms with Crippen LogP contribution in [0.3, 0.4) is 0 Å². The molecule has 5 rings (SSSR count). The van der Waals surface area contributed by atoms with Gasteiger partial charge in [-0.05, 0) is 42.7 Å². The second kappa shape index (κ2) is 8.69. The van der Waals surface area contributed by atoms with Gasteiger partial charge in [-0.3, -0.25) is 4.79 Å². The van der Waals surface area contributed by atoms with Crippen molar-refractivity contribution in [2.24, 2.45) is 5.92 Å². The maximum Gasteiger partial charge on any atom is 0.260 e. The minimum atomic E-state index is -0.0884. The third-order valence-corrected chi connectivity index (χ3v) is 7.49. The minimum absolute atomic E-state index is 0.0832. The van der Waals surface area contributed by atoms with Gasteiger partial charge in [-0.2, -0.15) is 0 Å². The highest BCUT2D eigenvalue weighted by molar-refractivity contribution is 7.19. The molecule has 0 spiro atoms. The largest absolute Gasteiger partial charge is 0.486 e. The topological polar surface area (TPSA) is 76.2 Å². The first kappa shape index (κ1) is 21.2. The Balaban J connectivity index is 1.39. The number of nitrogens with one attached hydrogen (secondary N) is 2. The molecule has 1 aliphatic rings. The molecule has 0 fully saturated rings. The van der Waals surface area contributed by atoms with Crippen LogP contribution in [0, 0.1) is 12.8 Å². The monoisotopic (exact) mass is 467 g/mol. The summed E-state index contributed by atoms with van der Waals surface area (Å²) in [5.74, 6) is 2.54. The van der Waals surface area contributed by atoms with Crippen LogP contribution in [0.25, 0.3) is 20.7 Å². The van der Waals surface area contributed by atoms with Crippen LogP contribution in [-0.2, 0) is 6.54 Å². The zero-order valence-electron chi connectivity index (χ0n) is 18.2. The summed E-state index contributed by atoms with van der Waals surface area (Å²) in [4.78, 5) is 23.8. The smallest absolute Gasteiger partial charge is 0.260 e. The van der Waals surface area contributed by atoms with Crippen molar-refractivity contribution < 1.29 is 9.47 Å². The lowest BCUT2D eigenvalue weighted by Crippen LogP contribution is -2.27. The molecule has 0 radical (unpaired) electrons. The number of benzene rings is 1. The molecule has 3 aromatic heterocycles. The van der Waals surface area contributed by atoms with Crippen LogP contribution in [0.2, 0.25) is 0 Å². The van der Waals surface area contributed by atoms with Crippen LogP contribution in [0.4, 0.5) is 0 Å². The lowest BCUT2D eigenvalue weighted by molar-refractivity contribution is 0.171. The molecule has 6 nitrogen and oxygen atoms in total. The Hall–Kier alpha value is -2.68. The number of fused-ring (bicyclic) bond motifs is 2. The first-order valence-corrected chi connectivity index (χ1v) is 12.4. The van der Waals surface area contributed by atoms with Gasteiger partial charge in [-0.25, -0.2) is 4.98 Å². The number of aromatic amines is 1. The number of rotatable bonds is 6. The SMILES string of the molecule is Cc1ccc(-c2csc3nc(CN[C@@H](c4ccc5c(c4)OCCO5)C(C)C)[nH]c(=O)c23)s1. The number of thiophene rings is 2. The summed E-state index contributed by atoms with van der Waals surface area (Å²) in [6.45, 7) is 8.02. The highest BCUT2D eigenvalue weighted by Gasteiger charge is 2.20. The van der Waals surface area contributed by atoms with E-state index in [1.807, 2.05) is 17.5 Å². The van der Waals surface area contributed by atoms with Crippen LogP contribution < -0.4 is 20.3 Å². The van der Waals surface area contributed by atoms with Crippen molar-refractivity contribution in [2.45, 2.75) is 33.4 Å². The number of hydrogen-bond acceptors (Lipinski definition) is 7. The second-order valence-electron chi connectivity index (χ2n) is 8.26. The molecule has 32 heavy (non-hydrogen) atoms. The molecule has 1 atom stereocenters. The number of hydrogen-bond donors (Lipinski definition) is 2. The molecule has 8 heteroatoms. The van der Waals surface area contributed by atoms with Crippen molar-refractivity contribution in [1.82, 2.24) is 15.3 Å². The van der Waals surface area contributed by atoms with E-state index in [-0.39, 0.29) is 11.6 Å². The predicted octanol–water partition coefficient (Wildman–Crippen LogP) is 5.28. The van der Waals surface area contributed by atoms with Crippen molar-refractivity contribution >= 4 is 32.9 Å². The zero-order chi connectivity index (χ0) is 22.2. The third kappa shape index (κ3) is 4.05. The van der Waals surface area contributed by atoms with Gasteiger partial charge in [0.15, 0.2) is 11.5 Å². The fourth-order valence-corrected chi connectivity index (χ4v) is 5.96. The quantitative estimate of drug-likeness (QED) is 0.403. The maximum absolute atomic E-state index is 12.9. The molecule has 4 aromatic rings. The van der Waals surface area contributed by atoms with Gasteiger partial charge >= 0.3 is 0 Å². The second-order valence-corrected chi connectivity index (χ2v) is 10.4. The van der Waals surface area contributed by atoms with E-state index in [9.17, 15) is 4.79 Å². The molecule has 4 heterocycles. The molecular weight excluding hydrogens is 442 g/mol. The number of aromatic nitrogens is 2. The van der Waals surface area contributed by atoms with Crippen molar-refractivity contribution in [3.63, 3.8) is 0 Å². The molecule has 0 aliphatic carbocycles. The van der Waals surface area contributed by atoms with E-state index in [0.29, 0.717) is 36.9 Å². The van der Waals surface area contributed by atoms with Gasteiger partial charge in [0, 0.05) is 26.7 Å². The Morgan fingerprint density at radius 1 is 1.16 bits per heavy atom. The lowest BCUT2D eigenvalue weighted by atomic mass is 9.95. The number of ether oxygens (including phenoxy) is 2. The fourth-order valence-electron chi connectivity index (χ4n) is 4.04. The molecular formula is C24H25N3O3S2. The highest BCUT2D eigenvalue weighted by Crippen LogP contribution is 2.36. The molecule has 0 saturated carbocycles. The zero-order valence-corrected chi connectivity index (χ0v) is 19.9. The molecule has 0 saturated heterocycles. The average Bonchev–Trinajstić information content (AvgIpc) is 3.40. The highest BCUT2D eigenvalue weighted by atomic mass is 32.1. The van der Waals surface area contributed by atoms with E-state index in [4.69, 9.17) is 14.5 Å².